The minimum absolute atomic E-state index is 0.0504. The molecule has 9 aliphatic rings. The molecule has 260 valence electrons. The van der Waals surface area contributed by atoms with Gasteiger partial charge < -0.3 is 45.2 Å². The zero-order valence-corrected chi connectivity index (χ0v) is 28.3. The molecule has 9 rings (SSSR count). The van der Waals surface area contributed by atoms with Crippen LogP contribution in [0.3, 0.4) is 0 Å². The molecule has 8 aliphatic carbocycles. The van der Waals surface area contributed by atoms with Crippen LogP contribution in [0.2, 0.25) is 0 Å². The molecular weight excluding hydrogens is 620 g/mol. The molecule has 8 bridgehead atoms. The summed E-state index contributed by atoms with van der Waals surface area (Å²) in [7, 11) is -7.11. The monoisotopic (exact) mass is 677 g/mol. The van der Waals surface area contributed by atoms with Crippen LogP contribution in [0, 0.1) is 46.3 Å². The molecule has 11 nitrogen and oxygen atoms in total. The zero-order chi connectivity index (χ0) is 32.2. The Bertz CT molecular complexity index is 1060. The average Bonchev–Trinajstić information content (AvgIpc) is 2.93. The average molecular weight is 678 g/mol. The van der Waals surface area contributed by atoms with Crippen LogP contribution in [0.15, 0.2) is 0 Å². The van der Waals surface area contributed by atoms with Crippen molar-refractivity contribution in [2.24, 2.45) is 46.3 Å². The van der Waals surface area contributed by atoms with Gasteiger partial charge in [-0.25, -0.2) is 0 Å². The summed E-state index contributed by atoms with van der Waals surface area (Å²) in [6, 6.07) is -0.976. The normalized spacial score (nSPS) is 47.8. The largest absolute Gasteiger partial charge is 0.394 e. The van der Waals surface area contributed by atoms with Crippen LogP contribution >= 0.6 is 15.0 Å². The number of ether oxygens (including phenoxy) is 1. The van der Waals surface area contributed by atoms with E-state index in [1.165, 1.54) is 77.0 Å². The Morgan fingerprint density at radius 2 is 1.07 bits per heavy atom. The van der Waals surface area contributed by atoms with E-state index in [2.05, 4.69) is 5.32 Å². The topological polar surface area (TPSA) is 197 Å². The molecule has 1 heterocycles. The molecule has 0 amide bonds. The number of aliphatic hydroxyl groups is 4. The summed E-state index contributed by atoms with van der Waals surface area (Å²) in [5.41, 5.74) is 0.587. The number of rotatable bonds is 11. The fraction of sp³-hybridized carbons (Fsp3) is 1.00. The molecule has 0 aromatic rings. The first-order valence-corrected chi connectivity index (χ1v) is 21.4. The van der Waals surface area contributed by atoms with Crippen molar-refractivity contribution >= 4 is 15.0 Å². The molecule has 0 radical (unpaired) electrons. The molecule has 9 fully saturated rings. The summed E-state index contributed by atoms with van der Waals surface area (Å²) in [6.07, 6.45) is 12.6. The van der Waals surface area contributed by atoms with E-state index in [-0.39, 0.29) is 24.3 Å². The minimum atomic E-state index is -3.79. The first kappa shape index (κ1) is 34.9. The fourth-order valence-corrected chi connectivity index (χ4v) is 14.1. The van der Waals surface area contributed by atoms with Crippen LogP contribution in [0.1, 0.15) is 89.9 Å². The highest BCUT2D eigenvalue weighted by Crippen LogP contribution is 2.63. The van der Waals surface area contributed by atoms with Gasteiger partial charge in [-0.05, 0) is 136 Å². The summed E-state index contributed by atoms with van der Waals surface area (Å²) >= 11 is 0. The Balaban J connectivity index is 0.000000187. The van der Waals surface area contributed by atoms with Gasteiger partial charge in [-0.2, -0.15) is 0 Å². The molecule has 6 atom stereocenters. The van der Waals surface area contributed by atoms with Crippen LogP contribution in [-0.4, -0.2) is 97.4 Å². The van der Waals surface area contributed by atoms with E-state index < -0.39 is 52.2 Å². The molecule has 2 unspecified atom stereocenters. The summed E-state index contributed by atoms with van der Waals surface area (Å²) in [5, 5.41) is 42.0. The summed E-state index contributed by atoms with van der Waals surface area (Å²) in [4.78, 5) is 28.5. The van der Waals surface area contributed by atoms with Crippen LogP contribution in [0.4, 0.5) is 0 Å². The van der Waals surface area contributed by atoms with Gasteiger partial charge in [-0.15, -0.1) is 0 Å². The molecule has 1 aliphatic heterocycles. The third-order valence-corrected chi connectivity index (χ3v) is 15.6. The molecular formula is C32H57NO10P2. The molecule has 8 N–H and O–H groups in total. The van der Waals surface area contributed by atoms with Gasteiger partial charge in [0.25, 0.3) is 0 Å². The maximum absolute atomic E-state index is 12.8. The highest BCUT2D eigenvalue weighted by molar-refractivity contribution is 7.58. The Morgan fingerprint density at radius 3 is 1.47 bits per heavy atom. The van der Waals surface area contributed by atoms with E-state index in [1.54, 1.807) is 0 Å². The van der Waals surface area contributed by atoms with Crippen molar-refractivity contribution in [2.75, 3.05) is 31.6 Å². The molecule has 13 heteroatoms. The highest BCUT2D eigenvalue weighted by atomic mass is 31.2. The lowest BCUT2D eigenvalue weighted by Crippen LogP contribution is -2.63. The lowest BCUT2D eigenvalue weighted by atomic mass is 9.49. The Morgan fingerprint density at radius 1 is 0.644 bits per heavy atom. The summed E-state index contributed by atoms with van der Waals surface area (Å²) in [6.45, 7) is -0.383. The zero-order valence-electron chi connectivity index (χ0n) is 26.5. The predicted octanol–water partition coefficient (Wildman–Crippen LogP) is 3.02. The Labute approximate surface area is 267 Å². The first-order valence-electron chi connectivity index (χ1n) is 17.5. The second kappa shape index (κ2) is 13.4. The van der Waals surface area contributed by atoms with Crippen molar-refractivity contribution in [3.63, 3.8) is 0 Å². The van der Waals surface area contributed by atoms with Gasteiger partial charge in [-0.1, -0.05) is 0 Å². The van der Waals surface area contributed by atoms with Gasteiger partial charge in [0.05, 0.1) is 18.8 Å². The summed E-state index contributed by atoms with van der Waals surface area (Å²) < 4.78 is 28.9. The lowest BCUT2D eigenvalue weighted by molar-refractivity contribution is -0.254. The molecule has 0 spiro atoms. The maximum atomic E-state index is 12.8. The maximum Gasteiger partial charge on any atom is 0.325 e. The van der Waals surface area contributed by atoms with Crippen molar-refractivity contribution < 1.29 is 49.0 Å². The molecule has 0 aromatic carbocycles. The molecule has 8 saturated carbocycles. The lowest BCUT2D eigenvalue weighted by Gasteiger charge is -2.57. The third kappa shape index (κ3) is 8.29. The number of aliphatic hydroxyl groups excluding tert-OH is 4. The Hall–Kier alpha value is 0.1000. The van der Waals surface area contributed by atoms with Gasteiger partial charge in [0.15, 0.2) is 6.29 Å². The quantitative estimate of drug-likeness (QED) is 0.150. The van der Waals surface area contributed by atoms with E-state index >= 15 is 0 Å². The van der Waals surface area contributed by atoms with Gasteiger partial charge in [-0.3, -0.25) is 9.13 Å². The van der Waals surface area contributed by atoms with Gasteiger partial charge in [0.2, 0.25) is 7.37 Å². The van der Waals surface area contributed by atoms with Crippen molar-refractivity contribution in [3.05, 3.63) is 0 Å². The third-order valence-electron chi connectivity index (χ3n) is 13.0. The van der Waals surface area contributed by atoms with Crippen molar-refractivity contribution in [2.45, 2.75) is 121 Å². The second-order valence-electron chi connectivity index (χ2n) is 16.7. The van der Waals surface area contributed by atoms with E-state index in [1.807, 2.05) is 0 Å². The standard InChI is InChI=1S/C20H36NO7P.C12H21O3P/c22-11-15-17(23)18(24)16(19(25)28-15)21-2-4-29(26,27)3-1-20-8-12-5-13(9-20)7-14(6-12)10-20;13-16(14,15)2-1-12-6-9-3-10(7-12)5-11(4-9)8-12/h12-19,21-25H,1-11H2,(H,26,27);9-11H,1-8H2,(H2,13,14,15)/t12?,13?,14?,15-,16-,17+,18-,19?,20?;/m1./s1. The van der Waals surface area contributed by atoms with E-state index in [4.69, 9.17) is 19.6 Å². The molecule has 0 aromatic heterocycles. The van der Waals surface area contributed by atoms with Crippen molar-refractivity contribution in [1.82, 2.24) is 5.32 Å². The van der Waals surface area contributed by atoms with Crippen LogP contribution in [0.25, 0.3) is 0 Å². The van der Waals surface area contributed by atoms with Crippen molar-refractivity contribution in [3.8, 4) is 0 Å². The Kier molecular flexibility index (Phi) is 10.4. The van der Waals surface area contributed by atoms with Crippen LogP contribution < -0.4 is 5.32 Å². The molecule has 1 saturated heterocycles. The summed E-state index contributed by atoms with van der Waals surface area (Å²) in [5.74, 6) is 5.10. The predicted molar refractivity (Wildman–Crippen MR) is 169 cm³/mol. The van der Waals surface area contributed by atoms with E-state index in [0.29, 0.717) is 11.6 Å². The van der Waals surface area contributed by atoms with Gasteiger partial charge in [0, 0.05) is 18.9 Å². The second-order valence-corrected chi connectivity index (χ2v) is 21.1. The minimum Gasteiger partial charge on any atom is -0.394 e. The van der Waals surface area contributed by atoms with Crippen LogP contribution in [-0.2, 0) is 13.9 Å². The smallest absolute Gasteiger partial charge is 0.325 e. The van der Waals surface area contributed by atoms with Gasteiger partial charge in [0.1, 0.15) is 18.3 Å². The SMILES string of the molecule is O=P(O)(CCN[C@H]1C(O)O[C@H](CO)[C@H](O)[C@@H]1O)CCC12CC3CC(CC(C3)C1)C2.O=P(O)(O)CCC12CC3CC(CC(C3)C1)C2. The van der Waals surface area contributed by atoms with Gasteiger partial charge >= 0.3 is 7.60 Å². The van der Waals surface area contributed by atoms with E-state index in [9.17, 15) is 29.3 Å². The highest BCUT2D eigenvalue weighted by Gasteiger charge is 2.52. The number of nitrogens with one attached hydrogen (secondary N) is 1. The first-order chi connectivity index (χ1) is 21.1. The molecule has 45 heavy (non-hydrogen) atoms. The number of hydrogen-bond donors (Lipinski definition) is 8. The fourth-order valence-electron chi connectivity index (χ4n) is 11.8. The van der Waals surface area contributed by atoms with Crippen LogP contribution in [0.5, 0.6) is 0 Å². The number of hydrogen-bond acceptors (Lipinski definition) is 8. The van der Waals surface area contributed by atoms with Crippen molar-refractivity contribution in [1.29, 1.82) is 0 Å². The van der Waals surface area contributed by atoms with E-state index in [0.717, 1.165) is 48.3 Å².